The monoisotopic (exact) mass is 209 g/mol. The number of nitrogens with one attached hydrogen (secondary N) is 2. The summed E-state index contributed by atoms with van der Waals surface area (Å²) < 4.78 is 5.53. The van der Waals surface area contributed by atoms with E-state index in [1.807, 2.05) is 12.4 Å². The smallest absolute Gasteiger partial charge is 0.123 e. The highest BCUT2D eigenvalue weighted by molar-refractivity contribution is 4.98. The maximum absolute atomic E-state index is 5.53. The third-order valence-electron chi connectivity index (χ3n) is 2.90. The van der Waals surface area contributed by atoms with Crippen LogP contribution in [0.3, 0.4) is 0 Å². The third-order valence-corrected chi connectivity index (χ3v) is 2.90. The largest absolute Gasteiger partial charge is 0.381 e. The molecular weight excluding hydrogens is 190 g/mol. The van der Waals surface area contributed by atoms with Crippen molar-refractivity contribution in [2.24, 2.45) is 5.92 Å². The Kier molecular flexibility index (Phi) is 3.75. The summed E-state index contributed by atoms with van der Waals surface area (Å²) in [7, 11) is 0. The fraction of sp³-hybridized carbons (Fsp3) is 0.727. The molecule has 4 nitrogen and oxygen atoms in total. The molecule has 0 saturated carbocycles. The first-order chi connectivity index (χ1) is 7.42. The van der Waals surface area contributed by atoms with Gasteiger partial charge in [0.1, 0.15) is 5.82 Å². The van der Waals surface area contributed by atoms with E-state index in [0.29, 0.717) is 12.0 Å². The second-order valence-corrected chi connectivity index (χ2v) is 3.99. The van der Waals surface area contributed by atoms with E-state index in [9.17, 15) is 0 Å². The van der Waals surface area contributed by atoms with Crippen LogP contribution in [0, 0.1) is 5.92 Å². The van der Waals surface area contributed by atoms with Crippen LogP contribution >= 0.6 is 0 Å². The number of aromatic nitrogens is 2. The highest BCUT2D eigenvalue weighted by Crippen LogP contribution is 2.26. The molecule has 0 spiro atoms. The second kappa shape index (κ2) is 5.28. The van der Waals surface area contributed by atoms with Gasteiger partial charge in [-0.25, -0.2) is 4.98 Å². The van der Waals surface area contributed by atoms with Crippen molar-refractivity contribution in [1.29, 1.82) is 0 Å². The van der Waals surface area contributed by atoms with Crippen molar-refractivity contribution in [2.45, 2.75) is 25.8 Å². The lowest BCUT2D eigenvalue weighted by Crippen LogP contribution is -2.34. The van der Waals surface area contributed by atoms with Crippen LogP contribution < -0.4 is 5.32 Å². The summed E-state index contributed by atoms with van der Waals surface area (Å²) >= 11 is 0. The van der Waals surface area contributed by atoms with E-state index in [0.717, 1.165) is 32.0 Å². The van der Waals surface area contributed by atoms with Crippen molar-refractivity contribution in [3.8, 4) is 0 Å². The quantitative estimate of drug-likeness (QED) is 0.790. The number of imidazole rings is 1. The summed E-state index contributed by atoms with van der Waals surface area (Å²) in [4.78, 5) is 7.53. The van der Waals surface area contributed by atoms with Gasteiger partial charge in [0.05, 0.1) is 12.6 Å². The number of nitrogens with zero attached hydrogens (tertiary/aromatic N) is 1. The number of rotatable bonds is 4. The number of hydrogen-bond acceptors (Lipinski definition) is 3. The van der Waals surface area contributed by atoms with Gasteiger partial charge in [0, 0.05) is 24.9 Å². The Morgan fingerprint density at radius 3 is 3.27 bits per heavy atom. The van der Waals surface area contributed by atoms with E-state index in [4.69, 9.17) is 4.74 Å². The zero-order valence-electron chi connectivity index (χ0n) is 9.20. The summed E-state index contributed by atoms with van der Waals surface area (Å²) in [5, 5.41) is 3.48. The van der Waals surface area contributed by atoms with Crippen LogP contribution in [0.1, 0.15) is 31.6 Å². The molecule has 1 fully saturated rings. The Morgan fingerprint density at radius 1 is 1.73 bits per heavy atom. The summed E-state index contributed by atoms with van der Waals surface area (Å²) in [6, 6.07) is 0.310. The van der Waals surface area contributed by atoms with Gasteiger partial charge in [-0.15, -0.1) is 0 Å². The zero-order chi connectivity index (χ0) is 10.5. The van der Waals surface area contributed by atoms with Gasteiger partial charge in [0.25, 0.3) is 0 Å². The van der Waals surface area contributed by atoms with Gasteiger partial charge in [-0.3, -0.25) is 0 Å². The average molecular weight is 209 g/mol. The third kappa shape index (κ3) is 2.58. The first-order valence-electron chi connectivity index (χ1n) is 5.72. The number of aromatic amines is 1. The molecule has 0 radical (unpaired) electrons. The number of H-pyrrole nitrogens is 1. The fourth-order valence-electron chi connectivity index (χ4n) is 2.18. The molecule has 1 aliphatic heterocycles. The molecule has 2 N–H and O–H groups in total. The summed E-state index contributed by atoms with van der Waals surface area (Å²) in [6.07, 6.45) is 6.07. The Bertz CT molecular complexity index is 267. The molecule has 84 valence electrons. The molecule has 2 heterocycles. The average Bonchev–Trinajstić information content (AvgIpc) is 2.80. The minimum absolute atomic E-state index is 0.310. The summed E-state index contributed by atoms with van der Waals surface area (Å²) in [5.41, 5.74) is 0. The van der Waals surface area contributed by atoms with Crippen LogP contribution in [0.5, 0.6) is 0 Å². The van der Waals surface area contributed by atoms with Gasteiger partial charge in [-0.1, -0.05) is 6.92 Å². The van der Waals surface area contributed by atoms with E-state index in [2.05, 4.69) is 22.2 Å². The van der Waals surface area contributed by atoms with Crippen LogP contribution in [0.15, 0.2) is 12.4 Å². The standard InChI is InChI=1S/C11H19N3O/c1-2-12-10(11-13-5-6-14-11)9-4-3-7-15-8-9/h5-6,9-10,12H,2-4,7-8H2,1H3,(H,13,14). The van der Waals surface area contributed by atoms with Crippen LogP contribution in [0.4, 0.5) is 0 Å². The van der Waals surface area contributed by atoms with Gasteiger partial charge in [0.2, 0.25) is 0 Å². The molecule has 1 aromatic rings. The van der Waals surface area contributed by atoms with Gasteiger partial charge in [-0.05, 0) is 19.4 Å². The Labute approximate surface area is 90.4 Å². The number of ether oxygens (including phenoxy) is 1. The normalized spacial score (nSPS) is 23.9. The highest BCUT2D eigenvalue weighted by atomic mass is 16.5. The van der Waals surface area contributed by atoms with Crippen molar-refractivity contribution in [2.75, 3.05) is 19.8 Å². The van der Waals surface area contributed by atoms with Crippen molar-refractivity contribution in [3.63, 3.8) is 0 Å². The lowest BCUT2D eigenvalue weighted by Gasteiger charge is -2.29. The molecule has 0 amide bonds. The van der Waals surface area contributed by atoms with Crippen molar-refractivity contribution < 1.29 is 4.74 Å². The molecule has 2 atom stereocenters. The van der Waals surface area contributed by atoms with Gasteiger partial charge >= 0.3 is 0 Å². The van der Waals surface area contributed by atoms with Crippen LogP contribution in [-0.2, 0) is 4.74 Å². The van der Waals surface area contributed by atoms with Gasteiger partial charge in [-0.2, -0.15) is 0 Å². The van der Waals surface area contributed by atoms with Crippen molar-refractivity contribution in [1.82, 2.24) is 15.3 Å². The zero-order valence-corrected chi connectivity index (χ0v) is 9.20. The Morgan fingerprint density at radius 2 is 2.67 bits per heavy atom. The van der Waals surface area contributed by atoms with E-state index in [1.165, 1.54) is 6.42 Å². The Hall–Kier alpha value is -0.870. The van der Waals surface area contributed by atoms with E-state index < -0.39 is 0 Å². The van der Waals surface area contributed by atoms with Crippen LogP contribution in [-0.4, -0.2) is 29.7 Å². The SMILES string of the molecule is CCNC(c1ncc[nH]1)C1CCCOC1. The molecule has 0 bridgehead atoms. The van der Waals surface area contributed by atoms with E-state index in [1.54, 1.807) is 0 Å². The minimum atomic E-state index is 0.310. The molecular formula is C11H19N3O. The van der Waals surface area contributed by atoms with Crippen molar-refractivity contribution in [3.05, 3.63) is 18.2 Å². The lowest BCUT2D eigenvalue weighted by molar-refractivity contribution is 0.0380. The molecule has 1 aliphatic rings. The fourth-order valence-corrected chi connectivity index (χ4v) is 2.18. The predicted octanol–water partition coefficient (Wildman–Crippen LogP) is 1.49. The van der Waals surface area contributed by atoms with Crippen molar-refractivity contribution >= 4 is 0 Å². The van der Waals surface area contributed by atoms with E-state index >= 15 is 0 Å². The summed E-state index contributed by atoms with van der Waals surface area (Å²) in [5.74, 6) is 1.58. The molecule has 0 aromatic carbocycles. The second-order valence-electron chi connectivity index (χ2n) is 3.99. The molecule has 4 heteroatoms. The molecule has 0 aliphatic carbocycles. The maximum atomic E-state index is 5.53. The predicted molar refractivity (Wildman–Crippen MR) is 58.5 cm³/mol. The highest BCUT2D eigenvalue weighted by Gasteiger charge is 2.26. The Balaban J connectivity index is 2.04. The number of hydrogen-bond donors (Lipinski definition) is 2. The molecule has 1 aromatic heterocycles. The maximum Gasteiger partial charge on any atom is 0.123 e. The molecule has 15 heavy (non-hydrogen) atoms. The molecule has 1 saturated heterocycles. The topological polar surface area (TPSA) is 49.9 Å². The van der Waals surface area contributed by atoms with Crippen LogP contribution in [0.2, 0.25) is 0 Å². The molecule has 2 rings (SSSR count). The molecule has 2 unspecified atom stereocenters. The first kappa shape index (κ1) is 10.6. The minimum Gasteiger partial charge on any atom is -0.381 e. The van der Waals surface area contributed by atoms with Gasteiger partial charge < -0.3 is 15.0 Å². The van der Waals surface area contributed by atoms with E-state index in [-0.39, 0.29) is 0 Å². The first-order valence-corrected chi connectivity index (χ1v) is 5.72. The summed E-state index contributed by atoms with van der Waals surface area (Å²) in [6.45, 7) is 4.84. The van der Waals surface area contributed by atoms with Gasteiger partial charge in [0.15, 0.2) is 0 Å². The lowest BCUT2D eigenvalue weighted by atomic mass is 9.93. The van der Waals surface area contributed by atoms with Crippen LogP contribution in [0.25, 0.3) is 0 Å².